The molecule has 0 aliphatic heterocycles. The van der Waals surface area contributed by atoms with Crippen LogP contribution in [0.25, 0.3) is 0 Å². The number of nitrogen functional groups attached to an aromatic ring is 2. The molecule has 0 fully saturated rings. The zero-order chi connectivity index (χ0) is 17.7. The van der Waals surface area contributed by atoms with Gasteiger partial charge < -0.3 is 20.9 Å². The van der Waals surface area contributed by atoms with Crippen LogP contribution in [-0.2, 0) is 5.79 Å². The number of benzene rings is 3. The van der Waals surface area contributed by atoms with Crippen molar-refractivity contribution in [1.82, 2.24) is 0 Å². The highest BCUT2D eigenvalue weighted by atomic mass is 16.7. The van der Waals surface area contributed by atoms with Gasteiger partial charge in [0.25, 0.3) is 5.79 Å². The van der Waals surface area contributed by atoms with Crippen LogP contribution >= 0.6 is 0 Å². The van der Waals surface area contributed by atoms with E-state index in [0.29, 0.717) is 29.3 Å². The van der Waals surface area contributed by atoms with Crippen LogP contribution in [0.5, 0.6) is 11.5 Å². The van der Waals surface area contributed by atoms with Crippen LogP contribution < -0.4 is 20.9 Å². The average molecular weight is 334 g/mol. The molecule has 0 heterocycles. The molecule has 0 atom stereocenters. The number of rotatable bonds is 6. The third-order valence-electron chi connectivity index (χ3n) is 3.96. The Morgan fingerprint density at radius 2 is 1.24 bits per heavy atom. The second-order valence-electron chi connectivity index (χ2n) is 5.82. The van der Waals surface area contributed by atoms with E-state index in [0.717, 1.165) is 5.56 Å². The Bertz CT molecular complexity index is 787. The van der Waals surface area contributed by atoms with Crippen LogP contribution in [-0.4, -0.2) is 0 Å². The SMILES string of the molecule is CCC(Oc1cccc(N)c1)(Oc1cccc(N)c1)c1ccccc1. The summed E-state index contributed by atoms with van der Waals surface area (Å²) in [5.41, 5.74) is 14.0. The Hall–Kier alpha value is -3.14. The van der Waals surface area contributed by atoms with Gasteiger partial charge in [0.05, 0.1) is 0 Å². The minimum absolute atomic E-state index is 0.598. The van der Waals surface area contributed by atoms with Gasteiger partial charge in [-0.3, -0.25) is 0 Å². The lowest BCUT2D eigenvalue weighted by molar-refractivity contribution is -0.124. The van der Waals surface area contributed by atoms with Crippen LogP contribution in [0.15, 0.2) is 78.9 Å². The van der Waals surface area contributed by atoms with E-state index in [1.807, 2.05) is 73.7 Å². The van der Waals surface area contributed by atoms with Crippen molar-refractivity contribution in [2.24, 2.45) is 0 Å². The Labute approximate surface area is 148 Å². The van der Waals surface area contributed by atoms with Gasteiger partial charge in [0.1, 0.15) is 11.5 Å². The lowest BCUT2D eigenvalue weighted by Crippen LogP contribution is -2.39. The molecular weight excluding hydrogens is 312 g/mol. The van der Waals surface area contributed by atoms with E-state index in [4.69, 9.17) is 20.9 Å². The molecule has 0 aliphatic rings. The second-order valence-corrected chi connectivity index (χ2v) is 5.82. The zero-order valence-corrected chi connectivity index (χ0v) is 14.2. The van der Waals surface area contributed by atoms with Crippen molar-refractivity contribution in [1.29, 1.82) is 0 Å². The molecule has 128 valence electrons. The first-order valence-corrected chi connectivity index (χ1v) is 8.26. The molecule has 0 bridgehead atoms. The van der Waals surface area contributed by atoms with Gasteiger partial charge in [-0.2, -0.15) is 0 Å². The second kappa shape index (κ2) is 7.18. The summed E-state index contributed by atoms with van der Waals surface area (Å²) in [6.45, 7) is 2.02. The van der Waals surface area contributed by atoms with Crippen LogP contribution in [0.1, 0.15) is 18.9 Å². The van der Waals surface area contributed by atoms with E-state index < -0.39 is 5.79 Å². The van der Waals surface area contributed by atoms with Gasteiger partial charge in [0.2, 0.25) is 0 Å². The highest BCUT2D eigenvalue weighted by molar-refractivity contribution is 5.45. The van der Waals surface area contributed by atoms with Crippen LogP contribution in [0.3, 0.4) is 0 Å². The molecule has 25 heavy (non-hydrogen) atoms. The molecule has 0 saturated heterocycles. The number of hydrogen-bond acceptors (Lipinski definition) is 4. The maximum atomic E-state index is 6.32. The molecule has 4 N–H and O–H groups in total. The molecule has 0 aliphatic carbocycles. The molecular formula is C21H22N2O2. The summed E-state index contributed by atoms with van der Waals surface area (Å²) in [7, 11) is 0. The Morgan fingerprint density at radius 1 is 0.720 bits per heavy atom. The summed E-state index contributed by atoms with van der Waals surface area (Å²) in [5.74, 6) is 0.312. The van der Waals surface area contributed by atoms with Crippen molar-refractivity contribution >= 4 is 11.4 Å². The lowest BCUT2D eigenvalue weighted by Gasteiger charge is -2.34. The smallest absolute Gasteiger partial charge is 0.277 e. The third-order valence-corrected chi connectivity index (χ3v) is 3.96. The first-order chi connectivity index (χ1) is 12.1. The van der Waals surface area contributed by atoms with E-state index in [-0.39, 0.29) is 0 Å². The van der Waals surface area contributed by atoms with E-state index >= 15 is 0 Å². The fourth-order valence-corrected chi connectivity index (χ4v) is 2.72. The van der Waals surface area contributed by atoms with Crippen LogP contribution in [0, 0.1) is 0 Å². The third kappa shape index (κ3) is 3.86. The highest BCUT2D eigenvalue weighted by Gasteiger charge is 2.35. The maximum Gasteiger partial charge on any atom is 0.277 e. The Kier molecular flexibility index (Phi) is 4.80. The molecule has 0 radical (unpaired) electrons. The molecule has 3 aromatic rings. The van der Waals surface area contributed by atoms with Gasteiger partial charge in [-0.05, 0) is 24.3 Å². The summed E-state index contributed by atoms with van der Waals surface area (Å²) in [4.78, 5) is 0. The highest BCUT2D eigenvalue weighted by Crippen LogP contribution is 2.35. The van der Waals surface area contributed by atoms with E-state index in [1.165, 1.54) is 0 Å². The maximum absolute atomic E-state index is 6.32. The van der Waals surface area contributed by atoms with Gasteiger partial charge in [-0.25, -0.2) is 0 Å². The zero-order valence-electron chi connectivity index (χ0n) is 14.2. The van der Waals surface area contributed by atoms with Crippen molar-refractivity contribution < 1.29 is 9.47 Å². The molecule has 0 aromatic heterocycles. The van der Waals surface area contributed by atoms with Crippen molar-refractivity contribution in [3.05, 3.63) is 84.4 Å². The summed E-state index contributed by atoms with van der Waals surface area (Å²) in [6, 6.07) is 24.5. The molecule has 0 saturated carbocycles. The van der Waals surface area contributed by atoms with Crippen LogP contribution in [0.2, 0.25) is 0 Å². The lowest BCUT2D eigenvalue weighted by atomic mass is 10.0. The molecule has 0 amide bonds. The van der Waals surface area contributed by atoms with Gasteiger partial charge in [0, 0.05) is 35.5 Å². The summed E-state index contributed by atoms with van der Waals surface area (Å²) < 4.78 is 12.6. The minimum atomic E-state index is -0.983. The van der Waals surface area contributed by atoms with Crippen molar-refractivity contribution in [2.75, 3.05) is 11.5 Å². The molecule has 3 aromatic carbocycles. The quantitative estimate of drug-likeness (QED) is 0.511. The largest absolute Gasteiger partial charge is 0.448 e. The predicted octanol–water partition coefficient (Wildman–Crippen LogP) is 4.57. The first kappa shape index (κ1) is 16.7. The Morgan fingerprint density at radius 3 is 1.68 bits per heavy atom. The van der Waals surface area contributed by atoms with Gasteiger partial charge >= 0.3 is 0 Å². The fourth-order valence-electron chi connectivity index (χ4n) is 2.72. The minimum Gasteiger partial charge on any atom is -0.448 e. The average Bonchev–Trinajstić information content (AvgIpc) is 2.62. The normalized spacial score (nSPS) is 11.1. The van der Waals surface area contributed by atoms with Gasteiger partial charge in [0.15, 0.2) is 0 Å². The standard InChI is InChI=1S/C21H22N2O2/c1-2-21(16-8-4-3-5-9-16,24-19-12-6-10-17(22)14-19)25-20-13-7-11-18(23)15-20/h3-15H,2,22-23H2,1H3. The fraction of sp³-hybridized carbons (Fsp3) is 0.143. The topological polar surface area (TPSA) is 70.5 Å². The molecule has 0 unspecified atom stereocenters. The first-order valence-electron chi connectivity index (χ1n) is 8.26. The van der Waals surface area contributed by atoms with E-state index in [2.05, 4.69) is 0 Å². The summed E-state index contributed by atoms with van der Waals surface area (Å²) in [6.07, 6.45) is 0.598. The van der Waals surface area contributed by atoms with Crippen molar-refractivity contribution in [3.63, 3.8) is 0 Å². The van der Waals surface area contributed by atoms with Crippen molar-refractivity contribution in [2.45, 2.75) is 19.1 Å². The summed E-state index contributed by atoms with van der Waals surface area (Å²) in [5, 5.41) is 0. The van der Waals surface area contributed by atoms with Gasteiger partial charge in [-0.15, -0.1) is 0 Å². The number of nitrogens with two attached hydrogens (primary N) is 2. The number of anilines is 2. The van der Waals surface area contributed by atoms with Crippen molar-refractivity contribution in [3.8, 4) is 11.5 Å². The summed E-state index contributed by atoms with van der Waals surface area (Å²) >= 11 is 0. The molecule has 4 heteroatoms. The van der Waals surface area contributed by atoms with Gasteiger partial charge in [-0.1, -0.05) is 49.4 Å². The van der Waals surface area contributed by atoms with E-state index in [1.54, 1.807) is 12.1 Å². The molecule has 4 nitrogen and oxygen atoms in total. The van der Waals surface area contributed by atoms with E-state index in [9.17, 15) is 0 Å². The predicted molar refractivity (Wildman–Crippen MR) is 101 cm³/mol. The molecule has 3 rings (SSSR count). The van der Waals surface area contributed by atoms with Crippen LogP contribution in [0.4, 0.5) is 11.4 Å². The molecule has 0 spiro atoms. The Balaban J connectivity index is 2.03. The monoisotopic (exact) mass is 334 g/mol. The number of hydrogen-bond donors (Lipinski definition) is 2. The number of ether oxygens (including phenoxy) is 2.